The lowest BCUT2D eigenvalue weighted by atomic mass is 9.81. The maximum atomic E-state index is 12.9. The van der Waals surface area contributed by atoms with Crippen LogP contribution in [0.5, 0.6) is 5.75 Å². The van der Waals surface area contributed by atoms with Crippen molar-refractivity contribution in [3.05, 3.63) is 58.7 Å². The summed E-state index contributed by atoms with van der Waals surface area (Å²) in [6, 6.07) is 4.03. The number of alkyl halides is 2. The van der Waals surface area contributed by atoms with Crippen LogP contribution < -0.4 is 4.74 Å². The van der Waals surface area contributed by atoms with Crippen molar-refractivity contribution in [2.45, 2.75) is 66.2 Å². The van der Waals surface area contributed by atoms with Gasteiger partial charge in [-0.2, -0.15) is 0 Å². The Balaban J connectivity index is 3.54. The van der Waals surface area contributed by atoms with Gasteiger partial charge in [-0.1, -0.05) is 58.9 Å². The molecule has 160 valence electrons. The molecule has 29 heavy (non-hydrogen) atoms. The topological polar surface area (TPSA) is 46.5 Å². The Labute approximate surface area is 172 Å². The molecule has 0 aliphatic heterocycles. The molecule has 0 aliphatic rings. The predicted molar refractivity (Wildman–Crippen MR) is 115 cm³/mol. The average Bonchev–Trinajstić information content (AvgIpc) is 2.57. The third-order valence-electron chi connectivity index (χ3n) is 4.42. The molecule has 3 nitrogen and oxygen atoms in total. The molecule has 0 saturated heterocycles. The molecule has 0 aromatic heterocycles. The van der Waals surface area contributed by atoms with Gasteiger partial charge in [0.15, 0.2) is 0 Å². The Morgan fingerprint density at radius 3 is 2.31 bits per heavy atom. The van der Waals surface area contributed by atoms with Crippen LogP contribution in [0.4, 0.5) is 8.78 Å². The molecule has 0 aliphatic carbocycles. The van der Waals surface area contributed by atoms with E-state index in [2.05, 4.69) is 13.8 Å². The average molecular weight is 407 g/mol. The highest BCUT2D eigenvalue weighted by Crippen LogP contribution is 2.40. The monoisotopic (exact) mass is 406 g/mol. The lowest BCUT2D eigenvalue weighted by Crippen LogP contribution is -2.18. The van der Waals surface area contributed by atoms with Crippen LogP contribution in [0.2, 0.25) is 0 Å². The van der Waals surface area contributed by atoms with Crippen molar-refractivity contribution in [3.8, 4) is 5.75 Å². The zero-order valence-electron chi connectivity index (χ0n) is 18.3. The number of ether oxygens (including phenoxy) is 1. The van der Waals surface area contributed by atoms with Crippen LogP contribution in [-0.2, 0) is 10.2 Å². The van der Waals surface area contributed by atoms with E-state index < -0.39 is 19.0 Å². The number of carboxylic acid groups (broad SMARTS) is 1. The SMILES string of the molecule is C/C(=C/C=C/C(C)=C/C(=O)O)c1cc(C(C)C)cc(C(C)(C)C)c1OCC(F)F. The third-order valence-corrected chi connectivity index (χ3v) is 4.42. The minimum absolute atomic E-state index is 0.267. The van der Waals surface area contributed by atoms with Crippen molar-refractivity contribution in [3.63, 3.8) is 0 Å². The van der Waals surface area contributed by atoms with E-state index in [4.69, 9.17) is 9.84 Å². The fourth-order valence-corrected chi connectivity index (χ4v) is 2.81. The zero-order chi connectivity index (χ0) is 22.4. The molecule has 0 unspecified atom stereocenters. The number of carboxylic acids is 1. The zero-order valence-corrected chi connectivity index (χ0v) is 18.3. The molecule has 0 fully saturated rings. The van der Waals surface area contributed by atoms with Gasteiger partial charge < -0.3 is 9.84 Å². The normalized spacial score (nSPS) is 13.6. The summed E-state index contributed by atoms with van der Waals surface area (Å²) in [5.74, 6) is -0.264. The smallest absolute Gasteiger partial charge is 0.328 e. The first-order valence-electron chi connectivity index (χ1n) is 9.68. The van der Waals surface area contributed by atoms with Gasteiger partial charge in [-0.3, -0.25) is 0 Å². The molecular formula is C24H32F2O3. The molecule has 0 heterocycles. The molecule has 0 radical (unpaired) electrons. The lowest BCUT2D eigenvalue weighted by molar-refractivity contribution is -0.131. The van der Waals surface area contributed by atoms with E-state index in [1.54, 1.807) is 19.1 Å². The van der Waals surface area contributed by atoms with Crippen molar-refractivity contribution in [1.82, 2.24) is 0 Å². The first-order valence-corrected chi connectivity index (χ1v) is 9.68. The van der Waals surface area contributed by atoms with E-state index in [0.717, 1.165) is 28.3 Å². The molecule has 5 heteroatoms. The second kappa shape index (κ2) is 10.4. The molecule has 0 spiro atoms. The molecule has 1 aromatic carbocycles. The Hall–Kier alpha value is -2.43. The van der Waals surface area contributed by atoms with Crippen LogP contribution in [0.25, 0.3) is 5.57 Å². The maximum Gasteiger partial charge on any atom is 0.328 e. The van der Waals surface area contributed by atoms with Gasteiger partial charge in [0.1, 0.15) is 12.4 Å². The second-order valence-electron chi connectivity index (χ2n) is 8.49. The number of hydrogen-bond donors (Lipinski definition) is 1. The Kier molecular flexibility index (Phi) is 8.80. The summed E-state index contributed by atoms with van der Waals surface area (Å²) in [6.07, 6.45) is 3.83. The van der Waals surface area contributed by atoms with E-state index in [-0.39, 0.29) is 11.3 Å². The minimum Gasteiger partial charge on any atom is -0.487 e. The number of carbonyl (C=O) groups is 1. The number of aliphatic carboxylic acids is 1. The number of halogens is 2. The van der Waals surface area contributed by atoms with Crippen LogP contribution in [0.15, 0.2) is 42.0 Å². The first-order chi connectivity index (χ1) is 13.3. The van der Waals surface area contributed by atoms with Crippen molar-refractivity contribution >= 4 is 11.5 Å². The van der Waals surface area contributed by atoms with Crippen molar-refractivity contribution in [1.29, 1.82) is 0 Å². The highest BCUT2D eigenvalue weighted by Gasteiger charge is 2.24. The summed E-state index contributed by atoms with van der Waals surface area (Å²) in [6.45, 7) is 13.2. The minimum atomic E-state index is -2.56. The van der Waals surface area contributed by atoms with Gasteiger partial charge >= 0.3 is 5.97 Å². The van der Waals surface area contributed by atoms with E-state index in [1.165, 1.54) is 0 Å². The van der Waals surface area contributed by atoms with Gasteiger partial charge in [0.05, 0.1) is 0 Å². The molecule has 1 N–H and O–H groups in total. The number of allylic oxidation sites excluding steroid dienone is 5. The van der Waals surface area contributed by atoms with Crippen molar-refractivity contribution < 1.29 is 23.4 Å². The Morgan fingerprint density at radius 2 is 1.83 bits per heavy atom. The summed E-state index contributed by atoms with van der Waals surface area (Å²) >= 11 is 0. The standard InChI is InChI=1S/C24H32F2O3/c1-15(2)18-12-19(17(4)10-8-9-16(3)11-22(27)28)23(29-14-21(25)26)20(13-18)24(5,6)7/h8-13,15,21H,14H2,1-7H3,(H,27,28)/b9-8+,16-11+,17-10-. The predicted octanol–water partition coefficient (Wildman–Crippen LogP) is 6.74. The third kappa shape index (κ3) is 7.84. The molecule has 0 atom stereocenters. The molecule has 0 amide bonds. The van der Waals surface area contributed by atoms with Crippen molar-refractivity contribution in [2.24, 2.45) is 0 Å². The first kappa shape index (κ1) is 24.6. The molecule has 0 saturated carbocycles. The molecule has 1 aromatic rings. The van der Waals surface area contributed by atoms with E-state index in [9.17, 15) is 13.6 Å². The van der Waals surface area contributed by atoms with E-state index in [1.807, 2.05) is 45.9 Å². The van der Waals surface area contributed by atoms with Crippen molar-refractivity contribution in [2.75, 3.05) is 6.61 Å². The summed E-state index contributed by atoms with van der Waals surface area (Å²) in [7, 11) is 0. The van der Waals surface area contributed by atoms with Gasteiger partial charge in [-0.25, -0.2) is 13.6 Å². The van der Waals surface area contributed by atoms with Gasteiger partial charge in [0, 0.05) is 17.2 Å². The highest BCUT2D eigenvalue weighted by atomic mass is 19.3. The number of rotatable bonds is 8. The molecular weight excluding hydrogens is 374 g/mol. The second-order valence-corrected chi connectivity index (χ2v) is 8.49. The number of benzene rings is 1. The van der Waals surface area contributed by atoms with Crippen LogP contribution in [0, 0.1) is 0 Å². The van der Waals surface area contributed by atoms with E-state index >= 15 is 0 Å². The fraction of sp³-hybridized carbons (Fsp3) is 0.458. The fourth-order valence-electron chi connectivity index (χ4n) is 2.81. The summed E-state index contributed by atoms with van der Waals surface area (Å²) in [5.41, 5.74) is 3.93. The van der Waals surface area contributed by atoms with Gasteiger partial charge in [-0.05, 0) is 48.0 Å². The van der Waals surface area contributed by atoms with E-state index in [0.29, 0.717) is 11.3 Å². The maximum absolute atomic E-state index is 12.9. The van der Waals surface area contributed by atoms with Gasteiger partial charge in [-0.15, -0.1) is 0 Å². The van der Waals surface area contributed by atoms with Gasteiger partial charge in [0.25, 0.3) is 6.43 Å². The summed E-state index contributed by atoms with van der Waals surface area (Å²) < 4.78 is 31.3. The molecule has 1 rings (SSSR count). The van der Waals surface area contributed by atoms with Crippen LogP contribution in [0.3, 0.4) is 0 Å². The lowest BCUT2D eigenvalue weighted by Gasteiger charge is -2.27. The molecule has 0 bridgehead atoms. The summed E-state index contributed by atoms with van der Waals surface area (Å²) in [4.78, 5) is 10.7. The van der Waals surface area contributed by atoms with Crippen LogP contribution >= 0.6 is 0 Å². The highest BCUT2D eigenvalue weighted by molar-refractivity contribution is 5.81. The van der Waals surface area contributed by atoms with Crippen LogP contribution in [-0.4, -0.2) is 24.1 Å². The van der Waals surface area contributed by atoms with Gasteiger partial charge in [0.2, 0.25) is 0 Å². The Bertz CT molecular complexity index is 810. The van der Waals surface area contributed by atoms with Crippen LogP contribution in [0.1, 0.15) is 71.1 Å². The summed E-state index contributed by atoms with van der Waals surface area (Å²) in [5, 5.41) is 8.80. The quantitative estimate of drug-likeness (QED) is 0.384. The number of hydrogen-bond acceptors (Lipinski definition) is 2. The largest absolute Gasteiger partial charge is 0.487 e. The Morgan fingerprint density at radius 1 is 1.21 bits per heavy atom.